The number of hydrogen-bond donors (Lipinski definition) is 1. The van der Waals surface area contributed by atoms with Crippen LogP contribution in [-0.4, -0.2) is 48.8 Å². The van der Waals surface area contributed by atoms with Gasteiger partial charge in [0.05, 0.1) is 6.54 Å². The summed E-state index contributed by atoms with van der Waals surface area (Å²) in [6.07, 6.45) is -10.0. The maximum absolute atomic E-state index is 11.7. The molecule has 1 N–H and O–H groups in total. The Labute approximate surface area is 71.9 Å². The van der Waals surface area contributed by atoms with Gasteiger partial charge in [-0.05, 0) is 7.05 Å². The second-order valence-corrected chi connectivity index (χ2v) is 2.67. The number of hydrogen-bond acceptors (Lipinski definition) is 2. The zero-order chi connectivity index (χ0) is 10.6. The largest absolute Gasteiger partial charge is 0.415 e. The van der Waals surface area contributed by atoms with E-state index < -0.39 is 31.8 Å². The van der Waals surface area contributed by atoms with E-state index in [9.17, 15) is 22.0 Å². The van der Waals surface area contributed by atoms with Gasteiger partial charge in [0, 0.05) is 6.54 Å². The highest BCUT2D eigenvalue weighted by molar-refractivity contribution is 4.69. The Morgan fingerprint density at radius 3 is 2.00 bits per heavy atom. The molecule has 13 heavy (non-hydrogen) atoms. The summed E-state index contributed by atoms with van der Waals surface area (Å²) in [6, 6.07) is 0. The Morgan fingerprint density at radius 2 is 1.69 bits per heavy atom. The van der Waals surface area contributed by atoms with Crippen LogP contribution >= 0.6 is 0 Å². The Bertz CT molecular complexity index is 148. The van der Waals surface area contributed by atoms with Gasteiger partial charge in [-0.15, -0.1) is 0 Å². The van der Waals surface area contributed by atoms with Gasteiger partial charge < -0.3 is 5.11 Å². The standard InChI is InChI=1S/C6H10F5NO/c1-12(3-5(7)8)2-4(13)6(9,10)11/h4-5,13H,2-3H2,1H3. The van der Waals surface area contributed by atoms with E-state index in [1.165, 1.54) is 0 Å². The van der Waals surface area contributed by atoms with Crippen LogP contribution in [0.15, 0.2) is 0 Å². The van der Waals surface area contributed by atoms with Crippen molar-refractivity contribution in [3.05, 3.63) is 0 Å². The average molecular weight is 207 g/mol. The Morgan fingerprint density at radius 1 is 1.23 bits per heavy atom. The molecule has 0 aliphatic heterocycles. The Hall–Kier alpha value is -0.430. The van der Waals surface area contributed by atoms with E-state index in [0.29, 0.717) is 0 Å². The summed E-state index contributed by atoms with van der Waals surface area (Å²) in [5.41, 5.74) is 0. The molecule has 0 rings (SSSR count). The third kappa shape index (κ3) is 5.75. The van der Waals surface area contributed by atoms with Crippen molar-refractivity contribution in [2.45, 2.75) is 18.7 Å². The molecule has 80 valence electrons. The summed E-state index contributed by atoms with van der Waals surface area (Å²) in [6.45, 7) is -1.62. The molecule has 0 aromatic carbocycles. The SMILES string of the molecule is CN(CC(F)F)CC(O)C(F)(F)F. The van der Waals surface area contributed by atoms with Gasteiger partial charge in [-0.25, -0.2) is 8.78 Å². The van der Waals surface area contributed by atoms with Gasteiger partial charge in [-0.3, -0.25) is 4.90 Å². The van der Waals surface area contributed by atoms with Gasteiger partial charge in [0.1, 0.15) is 0 Å². The predicted octanol–water partition coefficient (Wildman–Crippen LogP) is 1.11. The van der Waals surface area contributed by atoms with Gasteiger partial charge in [-0.1, -0.05) is 0 Å². The lowest BCUT2D eigenvalue weighted by Gasteiger charge is -2.21. The van der Waals surface area contributed by atoms with Crippen molar-refractivity contribution >= 4 is 0 Å². The van der Waals surface area contributed by atoms with Crippen molar-refractivity contribution in [1.82, 2.24) is 4.90 Å². The quantitative estimate of drug-likeness (QED) is 0.698. The molecule has 7 heteroatoms. The molecule has 0 amide bonds. The van der Waals surface area contributed by atoms with Crippen LogP contribution in [-0.2, 0) is 0 Å². The highest BCUT2D eigenvalue weighted by atomic mass is 19.4. The molecule has 0 aromatic rings. The molecule has 1 atom stereocenters. The van der Waals surface area contributed by atoms with Crippen LogP contribution in [0.3, 0.4) is 0 Å². The van der Waals surface area contributed by atoms with Gasteiger partial charge in [0.15, 0.2) is 6.10 Å². The summed E-state index contributed by atoms with van der Waals surface area (Å²) < 4.78 is 58.3. The second kappa shape index (κ2) is 4.71. The van der Waals surface area contributed by atoms with Crippen LogP contribution in [0, 0.1) is 0 Å². The fourth-order valence-electron chi connectivity index (χ4n) is 0.709. The Balaban J connectivity index is 3.85. The molecule has 0 aliphatic rings. The summed E-state index contributed by atoms with van der Waals surface area (Å²) in [5, 5.41) is 8.46. The molecular weight excluding hydrogens is 197 g/mol. The van der Waals surface area contributed by atoms with Crippen molar-refractivity contribution in [3.63, 3.8) is 0 Å². The number of alkyl halides is 5. The van der Waals surface area contributed by atoms with E-state index in [2.05, 4.69) is 0 Å². The Kier molecular flexibility index (Phi) is 4.55. The number of nitrogens with zero attached hydrogens (tertiary/aromatic N) is 1. The number of aliphatic hydroxyl groups excluding tert-OH is 1. The fourth-order valence-corrected chi connectivity index (χ4v) is 0.709. The minimum atomic E-state index is -4.75. The van der Waals surface area contributed by atoms with Crippen molar-refractivity contribution in [2.75, 3.05) is 20.1 Å². The molecule has 0 saturated heterocycles. The lowest BCUT2D eigenvalue weighted by atomic mass is 10.3. The van der Waals surface area contributed by atoms with Gasteiger partial charge in [-0.2, -0.15) is 13.2 Å². The minimum absolute atomic E-state index is 0.725. The average Bonchev–Trinajstić information content (AvgIpc) is 1.82. The van der Waals surface area contributed by atoms with Crippen molar-refractivity contribution in [2.24, 2.45) is 0 Å². The maximum atomic E-state index is 11.7. The monoisotopic (exact) mass is 207 g/mol. The molecular formula is C6H10F5NO. The van der Waals surface area contributed by atoms with E-state index in [1.807, 2.05) is 0 Å². The van der Waals surface area contributed by atoms with E-state index >= 15 is 0 Å². The van der Waals surface area contributed by atoms with E-state index in [4.69, 9.17) is 5.11 Å². The molecule has 0 aliphatic carbocycles. The van der Waals surface area contributed by atoms with Gasteiger partial charge in [0.25, 0.3) is 6.43 Å². The summed E-state index contributed by atoms with van der Waals surface area (Å²) in [4.78, 5) is 0.725. The first kappa shape index (κ1) is 12.6. The summed E-state index contributed by atoms with van der Waals surface area (Å²) in [7, 11) is 1.08. The number of likely N-dealkylation sites (N-methyl/N-ethyl adjacent to an activating group) is 1. The third-order valence-corrected chi connectivity index (χ3v) is 1.31. The first-order valence-corrected chi connectivity index (χ1v) is 3.45. The van der Waals surface area contributed by atoms with Crippen LogP contribution < -0.4 is 0 Å². The zero-order valence-electron chi connectivity index (χ0n) is 6.85. The summed E-state index contributed by atoms with van der Waals surface area (Å²) in [5.74, 6) is 0. The van der Waals surface area contributed by atoms with E-state index in [1.54, 1.807) is 0 Å². The third-order valence-electron chi connectivity index (χ3n) is 1.31. The van der Waals surface area contributed by atoms with E-state index in [-0.39, 0.29) is 0 Å². The molecule has 2 nitrogen and oxygen atoms in total. The zero-order valence-corrected chi connectivity index (χ0v) is 6.85. The van der Waals surface area contributed by atoms with Gasteiger partial charge >= 0.3 is 6.18 Å². The first-order chi connectivity index (χ1) is 5.73. The fraction of sp³-hybridized carbons (Fsp3) is 1.00. The molecule has 0 heterocycles. The molecule has 0 spiro atoms. The number of aliphatic hydroxyl groups is 1. The van der Waals surface area contributed by atoms with Crippen LogP contribution in [0.4, 0.5) is 22.0 Å². The highest BCUT2D eigenvalue weighted by Crippen LogP contribution is 2.20. The smallest absolute Gasteiger partial charge is 0.382 e. The van der Waals surface area contributed by atoms with Crippen LogP contribution in [0.1, 0.15) is 0 Å². The normalized spacial score (nSPS) is 15.5. The lowest BCUT2D eigenvalue weighted by molar-refractivity contribution is -0.208. The number of halogens is 5. The minimum Gasteiger partial charge on any atom is -0.382 e. The molecule has 0 aromatic heterocycles. The lowest BCUT2D eigenvalue weighted by Crippen LogP contribution is -2.40. The number of rotatable bonds is 4. The van der Waals surface area contributed by atoms with Crippen molar-refractivity contribution < 1.29 is 27.1 Å². The highest BCUT2D eigenvalue weighted by Gasteiger charge is 2.38. The topological polar surface area (TPSA) is 23.5 Å². The molecule has 1 unspecified atom stereocenters. The van der Waals surface area contributed by atoms with Crippen LogP contribution in [0.5, 0.6) is 0 Å². The molecule has 0 bridgehead atoms. The predicted molar refractivity (Wildman–Crippen MR) is 35.6 cm³/mol. The van der Waals surface area contributed by atoms with Crippen molar-refractivity contribution in [3.8, 4) is 0 Å². The second-order valence-electron chi connectivity index (χ2n) is 2.67. The van der Waals surface area contributed by atoms with Crippen LogP contribution in [0.2, 0.25) is 0 Å². The summed E-state index contributed by atoms with van der Waals surface area (Å²) >= 11 is 0. The molecule has 0 radical (unpaired) electrons. The first-order valence-electron chi connectivity index (χ1n) is 3.45. The molecule has 0 saturated carbocycles. The van der Waals surface area contributed by atoms with Gasteiger partial charge in [0.2, 0.25) is 0 Å². The van der Waals surface area contributed by atoms with E-state index in [0.717, 1.165) is 11.9 Å². The van der Waals surface area contributed by atoms with Crippen LogP contribution in [0.25, 0.3) is 0 Å². The molecule has 0 fully saturated rings. The maximum Gasteiger partial charge on any atom is 0.415 e. The van der Waals surface area contributed by atoms with Crippen molar-refractivity contribution in [1.29, 1.82) is 0 Å².